The maximum atomic E-state index is 12.4. The number of nitrogens with two attached hydrogens (primary N) is 1. The molecule has 114 valence electrons. The average molecular weight is 293 g/mol. The van der Waals surface area contributed by atoms with E-state index >= 15 is 0 Å². The van der Waals surface area contributed by atoms with Gasteiger partial charge in [0.15, 0.2) is 0 Å². The molecular weight excluding hydrogens is 276 g/mol. The molecule has 0 aromatic heterocycles. The first-order valence-corrected chi connectivity index (χ1v) is 6.10. The summed E-state index contributed by atoms with van der Waals surface area (Å²) in [6.45, 7) is 1.84. The van der Waals surface area contributed by atoms with E-state index in [4.69, 9.17) is 5.73 Å². The minimum atomic E-state index is -5.48. The van der Waals surface area contributed by atoms with Crippen LogP contribution in [0, 0.1) is 5.92 Å². The standard InChI is InChI=1S/C11H17F6NO/c1-2-6-3-4-7(18)8(5-6)19-9(10(12,13)14)11(15,16)17/h6-9H,2-5,18H2,1H3. The van der Waals surface area contributed by atoms with Gasteiger partial charge in [0.05, 0.1) is 6.10 Å². The number of ether oxygens (including phenoxy) is 1. The summed E-state index contributed by atoms with van der Waals surface area (Å²) in [5.74, 6) is 0.0620. The van der Waals surface area contributed by atoms with E-state index < -0.39 is 30.6 Å². The number of hydrogen-bond donors (Lipinski definition) is 1. The van der Waals surface area contributed by atoms with Crippen LogP contribution in [0.4, 0.5) is 26.3 Å². The van der Waals surface area contributed by atoms with Gasteiger partial charge in [0.2, 0.25) is 6.10 Å². The lowest BCUT2D eigenvalue weighted by molar-refractivity contribution is -0.334. The molecule has 0 amide bonds. The van der Waals surface area contributed by atoms with Crippen molar-refractivity contribution in [2.75, 3.05) is 0 Å². The van der Waals surface area contributed by atoms with Crippen molar-refractivity contribution in [3.05, 3.63) is 0 Å². The third kappa shape index (κ3) is 4.52. The van der Waals surface area contributed by atoms with Crippen LogP contribution in [0.5, 0.6) is 0 Å². The molecule has 0 aromatic rings. The molecular formula is C11H17F6NO. The van der Waals surface area contributed by atoms with E-state index in [9.17, 15) is 26.3 Å². The van der Waals surface area contributed by atoms with Gasteiger partial charge >= 0.3 is 12.4 Å². The fraction of sp³-hybridized carbons (Fsp3) is 1.00. The Bertz CT molecular complexity index is 276. The van der Waals surface area contributed by atoms with Crippen molar-refractivity contribution in [1.29, 1.82) is 0 Å². The van der Waals surface area contributed by atoms with E-state index in [1.54, 1.807) is 0 Å². The quantitative estimate of drug-likeness (QED) is 0.809. The summed E-state index contributed by atoms with van der Waals surface area (Å²) in [6, 6.07) is -0.782. The highest BCUT2D eigenvalue weighted by atomic mass is 19.4. The van der Waals surface area contributed by atoms with Crippen LogP contribution in [-0.4, -0.2) is 30.6 Å². The van der Waals surface area contributed by atoms with Crippen LogP contribution in [0.25, 0.3) is 0 Å². The molecule has 0 spiro atoms. The van der Waals surface area contributed by atoms with E-state index in [1.165, 1.54) is 0 Å². The van der Waals surface area contributed by atoms with Gasteiger partial charge < -0.3 is 10.5 Å². The first kappa shape index (κ1) is 16.6. The summed E-state index contributed by atoms with van der Waals surface area (Å²) in [5, 5.41) is 0. The fourth-order valence-corrected chi connectivity index (χ4v) is 2.28. The zero-order valence-electron chi connectivity index (χ0n) is 10.4. The summed E-state index contributed by atoms with van der Waals surface area (Å²) < 4.78 is 78.6. The SMILES string of the molecule is CCC1CCC(N)C(OC(C(F)(F)F)C(F)(F)F)C1. The highest BCUT2D eigenvalue weighted by molar-refractivity contribution is 4.86. The van der Waals surface area contributed by atoms with Crippen LogP contribution in [-0.2, 0) is 4.74 Å². The van der Waals surface area contributed by atoms with Crippen molar-refractivity contribution >= 4 is 0 Å². The Morgan fingerprint density at radius 1 is 1.11 bits per heavy atom. The number of rotatable bonds is 3. The van der Waals surface area contributed by atoms with E-state index in [0.29, 0.717) is 19.3 Å². The van der Waals surface area contributed by atoms with E-state index in [-0.39, 0.29) is 12.3 Å². The Kier molecular flexibility index (Phi) is 5.11. The van der Waals surface area contributed by atoms with Crippen molar-refractivity contribution in [1.82, 2.24) is 0 Å². The van der Waals surface area contributed by atoms with Crippen LogP contribution >= 0.6 is 0 Å². The molecule has 1 fully saturated rings. The topological polar surface area (TPSA) is 35.2 Å². The molecule has 0 heterocycles. The summed E-state index contributed by atoms with van der Waals surface area (Å²) in [6.07, 6.45) is -14.0. The van der Waals surface area contributed by atoms with Crippen LogP contribution < -0.4 is 5.73 Å². The predicted octanol–water partition coefficient (Wildman–Crippen LogP) is 3.40. The molecule has 0 aliphatic heterocycles. The highest BCUT2D eigenvalue weighted by Gasteiger charge is 2.59. The highest BCUT2D eigenvalue weighted by Crippen LogP contribution is 2.39. The van der Waals surface area contributed by atoms with Crippen molar-refractivity contribution in [2.24, 2.45) is 11.7 Å². The first-order valence-electron chi connectivity index (χ1n) is 6.10. The summed E-state index contributed by atoms with van der Waals surface area (Å²) in [7, 11) is 0. The fourth-order valence-electron chi connectivity index (χ4n) is 2.28. The molecule has 1 rings (SSSR count). The van der Waals surface area contributed by atoms with E-state index in [1.807, 2.05) is 6.92 Å². The Morgan fingerprint density at radius 3 is 2.05 bits per heavy atom. The van der Waals surface area contributed by atoms with Gasteiger partial charge in [0.25, 0.3) is 0 Å². The zero-order valence-corrected chi connectivity index (χ0v) is 10.4. The molecule has 8 heteroatoms. The van der Waals surface area contributed by atoms with Gasteiger partial charge in [-0.2, -0.15) is 26.3 Å². The number of alkyl halides is 6. The molecule has 2 nitrogen and oxygen atoms in total. The molecule has 3 atom stereocenters. The third-order valence-corrected chi connectivity index (χ3v) is 3.43. The molecule has 2 N–H and O–H groups in total. The van der Waals surface area contributed by atoms with Crippen molar-refractivity contribution in [3.8, 4) is 0 Å². The molecule has 1 aliphatic rings. The second kappa shape index (κ2) is 5.87. The van der Waals surface area contributed by atoms with Crippen molar-refractivity contribution in [3.63, 3.8) is 0 Å². The third-order valence-electron chi connectivity index (χ3n) is 3.43. The second-order valence-corrected chi connectivity index (χ2v) is 4.89. The maximum Gasteiger partial charge on any atom is 0.423 e. The van der Waals surface area contributed by atoms with Gasteiger partial charge in [-0.1, -0.05) is 13.3 Å². The molecule has 0 aromatic carbocycles. The van der Waals surface area contributed by atoms with Gasteiger partial charge in [0.1, 0.15) is 0 Å². The van der Waals surface area contributed by atoms with Gasteiger partial charge in [-0.15, -0.1) is 0 Å². The predicted molar refractivity (Wildman–Crippen MR) is 56.4 cm³/mol. The van der Waals surface area contributed by atoms with E-state index in [2.05, 4.69) is 4.74 Å². The largest absolute Gasteiger partial charge is 0.423 e. The van der Waals surface area contributed by atoms with Crippen molar-refractivity contribution in [2.45, 2.75) is 63.2 Å². The Balaban J connectivity index is 2.78. The number of hydrogen-bond acceptors (Lipinski definition) is 2. The monoisotopic (exact) mass is 293 g/mol. The van der Waals surface area contributed by atoms with Crippen molar-refractivity contribution < 1.29 is 31.1 Å². The molecule has 3 unspecified atom stereocenters. The normalized spacial score (nSPS) is 29.8. The lowest BCUT2D eigenvalue weighted by Crippen LogP contribution is -2.51. The Morgan fingerprint density at radius 2 is 1.63 bits per heavy atom. The molecule has 19 heavy (non-hydrogen) atoms. The molecule has 0 radical (unpaired) electrons. The molecule has 1 saturated carbocycles. The minimum Gasteiger partial charge on any atom is -0.356 e. The van der Waals surface area contributed by atoms with Crippen LogP contribution in [0.3, 0.4) is 0 Å². The lowest BCUT2D eigenvalue weighted by atomic mass is 9.83. The molecule has 0 saturated heterocycles. The Hall–Kier alpha value is -0.500. The van der Waals surface area contributed by atoms with Crippen LogP contribution in [0.1, 0.15) is 32.6 Å². The van der Waals surface area contributed by atoms with Gasteiger partial charge in [-0.3, -0.25) is 0 Å². The van der Waals surface area contributed by atoms with Gasteiger partial charge in [-0.05, 0) is 25.2 Å². The van der Waals surface area contributed by atoms with E-state index in [0.717, 1.165) is 0 Å². The molecule has 0 bridgehead atoms. The average Bonchev–Trinajstić information content (AvgIpc) is 2.24. The summed E-state index contributed by atoms with van der Waals surface area (Å²) in [4.78, 5) is 0. The summed E-state index contributed by atoms with van der Waals surface area (Å²) in [5.41, 5.74) is 5.57. The van der Waals surface area contributed by atoms with Gasteiger partial charge in [-0.25, -0.2) is 0 Å². The molecule has 1 aliphatic carbocycles. The maximum absolute atomic E-state index is 12.4. The smallest absolute Gasteiger partial charge is 0.356 e. The second-order valence-electron chi connectivity index (χ2n) is 4.89. The van der Waals surface area contributed by atoms with Crippen LogP contribution in [0.2, 0.25) is 0 Å². The minimum absolute atomic E-state index is 0.0620. The summed E-state index contributed by atoms with van der Waals surface area (Å²) >= 11 is 0. The van der Waals surface area contributed by atoms with Gasteiger partial charge in [0, 0.05) is 6.04 Å². The van der Waals surface area contributed by atoms with Crippen LogP contribution in [0.15, 0.2) is 0 Å². The first-order chi connectivity index (χ1) is 8.55. The zero-order chi connectivity index (χ0) is 14.8. The number of halogens is 6. The lowest BCUT2D eigenvalue weighted by Gasteiger charge is -2.36. The Labute approximate surface area is 107 Å².